The summed E-state index contributed by atoms with van der Waals surface area (Å²) in [5.41, 5.74) is 1.54. The highest BCUT2D eigenvalue weighted by atomic mass is 19.2. The van der Waals surface area contributed by atoms with E-state index in [0.717, 1.165) is 25.3 Å². The first kappa shape index (κ1) is 19.2. The maximum Gasteiger partial charge on any atom is 0.251 e. The molecule has 1 N–H and O–H groups in total. The normalized spacial score (nSPS) is 25.9. The average molecular weight is 413 g/mol. The summed E-state index contributed by atoms with van der Waals surface area (Å²) in [7, 11) is 0. The van der Waals surface area contributed by atoms with Crippen LogP contribution in [0.15, 0.2) is 42.7 Å². The minimum absolute atomic E-state index is 0.0737. The predicted molar refractivity (Wildman–Crippen MR) is 106 cm³/mol. The Kier molecular flexibility index (Phi) is 4.56. The summed E-state index contributed by atoms with van der Waals surface area (Å²) >= 11 is 0. The number of aromatic nitrogens is 2. The Morgan fingerprint density at radius 1 is 1.13 bits per heavy atom. The van der Waals surface area contributed by atoms with E-state index in [1.807, 2.05) is 4.57 Å². The largest absolute Gasteiger partial charge is 0.349 e. The quantitative estimate of drug-likeness (QED) is 0.649. The zero-order valence-electron chi connectivity index (χ0n) is 16.5. The third kappa shape index (κ3) is 3.16. The van der Waals surface area contributed by atoms with E-state index >= 15 is 0 Å². The van der Waals surface area contributed by atoms with E-state index in [4.69, 9.17) is 0 Å². The molecule has 0 aliphatic heterocycles. The summed E-state index contributed by atoms with van der Waals surface area (Å²) in [6.45, 7) is 2.06. The first-order chi connectivity index (χ1) is 14.5. The highest BCUT2D eigenvalue weighted by molar-refractivity contribution is 5.94. The van der Waals surface area contributed by atoms with E-state index in [-0.39, 0.29) is 23.8 Å². The van der Waals surface area contributed by atoms with Gasteiger partial charge in [0.2, 0.25) is 0 Å². The fourth-order valence-corrected chi connectivity index (χ4v) is 5.32. The van der Waals surface area contributed by atoms with Crippen molar-refractivity contribution in [1.29, 1.82) is 0 Å². The molecule has 2 fully saturated rings. The number of benzene rings is 2. The van der Waals surface area contributed by atoms with Gasteiger partial charge in [-0.15, -0.1) is 0 Å². The second-order valence-corrected chi connectivity index (χ2v) is 8.43. The van der Waals surface area contributed by atoms with Crippen LogP contribution in [0.4, 0.5) is 13.2 Å². The summed E-state index contributed by atoms with van der Waals surface area (Å²) in [4.78, 5) is 16.7. The molecule has 1 amide bonds. The molecule has 0 saturated heterocycles. The average Bonchev–Trinajstić information content (AvgIpc) is 3.04. The molecule has 4 nitrogen and oxygen atoms in total. The molecule has 0 radical (unpaired) electrons. The van der Waals surface area contributed by atoms with E-state index in [0.29, 0.717) is 34.4 Å². The minimum atomic E-state index is -0.884. The Bertz CT molecular complexity index is 1100. The molecule has 2 saturated carbocycles. The summed E-state index contributed by atoms with van der Waals surface area (Å²) in [5.74, 6) is -0.880. The number of imidazole rings is 1. The molecule has 7 heteroatoms. The third-order valence-corrected chi connectivity index (χ3v) is 6.82. The lowest BCUT2D eigenvalue weighted by Gasteiger charge is -2.22. The lowest BCUT2D eigenvalue weighted by Crippen LogP contribution is -2.37. The van der Waals surface area contributed by atoms with Gasteiger partial charge in [-0.05, 0) is 61.3 Å². The zero-order valence-corrected chi connectivity index (χ0v) is 16.5. The number of hydrogen-bond acceptors (Lipinski definition) is 2. The molecule has 2 unspecified atom stereocenters. The first-order valence-corrected chi connectivity index (χ1v) is 10.3. The molecule has 156 valence electrons. The van der Waals surface area contributed by atoms with E-state index in [2.05, 4.69) is 17.2 Å². The zero-order chi connectivity index (χ0) is 21.0. The van der Waals surface area contributed by atoms with Crippen LogP contribution in [0, 0.1) is 35.2 Å². The van der Waals surface area contributed by atoms with Gasteiger partial charge in [0.05, 0.1) is 17.4 Å². The molecule has 2 aromatic carbocycles. The number of halogens is 3. The van der Waals surface area contributed by atoms with Crippen LogP contribution < -0.4 is 5.32 Å². The van der Waals surface area contributed by atoms with Crippen LogP contribution in [-0.4, -0.2) is 21.5 Å². The van der Waals surface area contributed by atoms with E-state index in [9.17, 15) is 18.0 Å². The van der Waals surface area contributed by atoms with Gasteiger partial charge >= 0.3 is 0 Å². The van der Waals surface area contributed by atoms with E-state index in [1.165, 1.54) is 30.3 Å². The number of rotatable bonds is 5. The van der Waals surface area contributed by atoms with Crippen molar-refractivity contribution in [2.75, 3.05) is 0 Å². The van der Waals surface area contributed by atoms with Crippen molar-refractivity contribution in [1.82, 2.24) is 14.9 Å². The lowest BCUT2D eigenvalue weighted by atomic mass is 9.98. The number of carbonyl (C=O) groups is 1. The second-order valence-electron chi connectivity index (χ2n) is 8.43. The molecule has 0 spiro atoms. The Hall–Kier alpha value is -2.83. The smallest absolute Gasteiger partial charge is 0.251 e. The molecule has 2 aliphatic rings. The van der Waals surface area contributed by atoms with Gasteiger partial charge in [-0.25, -0.2) is 18.2 Å². The van der Waals surface area contributed by atoms with Crippen molar-refractivity contribution in [2.45, 2.75) is 38.3 Å². The number of nitrogens with one attached hydrogen (secondary N) is 1. The Labute approximate surface area is 172 Å². The van der Waals surface area contributed by atoms with Crippen LogP contribution in [0.2, 0.25) is 0 Å². The van der Waals surface area contributed by atoms with Crippen molar-refractivity contribution in [2.24, 2.45) is 17.8 Å². The van der Waals surface area contributed by atoms with Crippen LogP contribution in [0.5, 0.6) is 0 Å². The van der Waals surface area contributed by atoms with Crippen molar-refractivity contribution in [3.8, 4) is 0 Å². The van der Waals surface area contributed by atoms with Crippen LogP contribution in [0.3, 0.4) is 0 Å². The van der Waals surface area contributed by atoms with Crippen molar-refractivity contribution >= 4 is 16.9 Å². The maximum atomic E-state index is 13.7. The standard InChI is InChI=1S/C23H22F3N3O/c1-2-19(28-23(30)12-3-5-13(24)6-4-12)22-15-7-14(8-16(15)22)29-11-27-20-9-17(25)18(26)10-21(20)29/h3-6,9-11,14-16,19,22H,2,7-8H2,1H3,(H,28,30)/t14?,15-,16+,19-,22?/m1/s1. The van der Waals surface area contributed by atoms with Gasteiger partial charge in [0.25, 0.3) is 5.91 Å². The molecule has 0 bridgehead atoms. The summed E-state index contributed by atoms with van der Waals surface area (Å²) in [5, 5.41) is 3.11. The molecular formula is C23H22F3N3O. The molecule has 3 aromatic rings. The number of hydrogen-bond donors (Lipinski definition) is 1. The highest BCUT2D eigenvalue weighted by Gasteiger charge is 2.59. The summed E-state index contributed by atoms with van der Waals surface area (Å²) in [6.07, 6.45) is 4.36. The van der Waals surface area contributed by atoms with Gasteiger partial charge in [-0.1, -0.05) is 6.92 Å². The monoisotopic (exact) mass is 413 g/mol. The number of amides is 1. The molecule has 1 aromatic heterocycles. The van der Waals surface area contributed by atoms with Gasteiger partial charge in [-0.3, -0.25) is 4.79 Å². The van der Waals surface area contributed by atoms with Crippen LogP contribution in [0.25, 0.3) is 11.0 Å². The van der Waals surface area contributed by atoms with Gasteiger partial charge in [0, 0.05) is 29.8 Å². The molecule has 2 aliphatic carbocycles. The van der Waals surface area contributed by atoms with E-state index < -0.39 is 11.6 Å². The SMILES string of the molecule is CC[C@@H](NC(=O)c1ccc(F)cc1)C1[C@H]2CC(n3cnc4cc(F)c(F)cc43)C[C@@H]12. The first-order valence-electron chi connectivity index (χ1n) is 10.3. The summed E-state index contributed by atoms with van der Waals surface area (Å²) < 4.78 is 42.2. The van der Waals surface area contributed by atoms with Crippen LogP contribution in [-0.2, 0) is 0 Å². The summed E-state index contributed by atoms with van der Waals surface area (Å²) in [6, 6.07) is 8.20. The number of carbonyl (C=O) groups excluding carboxylic acids is 1. The Morgan fingerprint density at radius 2 is 1.80 bits per heavy atom. The topological polar surface area (TPSA) is 46.9 Å². The lowest BCUT2D eigenvalue weighted by molar-refractivity contribution is 0.0927. The minimum Gasteiger partial charge on any atom is -0.349 e. The molecular weight excluding hydrogens is 391 g/mol. The Morgan fingerprint density at radius 3 is 2.47 bits per heavy atom. The van der Waals surface area contributed by atoms with Crippen molar-refractivity contribution in [3.63, 3.8) is 0 Å². The fraction of sp³-hybridized carbons (Fsp3) is 0.391. The van der Waals surface area contributed by atoms with Gasteiger partial charge in [-0.2, -0.15) is 0 Å². The Balaban J connectivity index is 1.26. The molecule has 5 rings (SSSR count). The highest BCUT2D eigenvalue weighted by Crippen LogP contribution is 2.62. The molecule has 1 heterocycles. The van der Waals surface area contributed by atoms with Crippen LogP contribution >= 0.6 is 0 Å². The van der Waals surface area contributed by atoms with Crippen molar-refractivity contribution < 1.29 is 18.0 Å². The third-order valence-electron chi connectivity index (χ3n) is 6.82. The van der Waals surface area contributed by atoms with Gasteiger partial charge in [0.1, 0.15) is 5.82 Å². The fourth-order valence-electron chi connectivity index (χ4n) is 5.32. The second kappa shape index (κ2) is 7.15. The molecule has 30 heavy (non-hydrogen) atoms. The van der Waals surface area contributed by atoms with Crippen molar-refractivity contribution in [3.05, 3.63) is 65.7 Å². The number of nitrogens with zero attached hydrogens (tertiary/aromatic N) is 2. The maximum absolute atomic E-state index is 13.7. The number of fused-ring (bicyclic) bond motifs is 2. The van der Waals surface area contributed by atoms with Gasteiger partial charge in [0.15, 0.2) is 11.6 Å². The van der Waals surface area contributed by atoms with E-state index in [1.54, 1.807) is 6.33 Å². The van der Waals surface area contributed by atoms with Gasteiger partial charge < -0.3 is 9.88 Å². The van der Waals surface area contributed by atoms with Crippen LogP contribution in [0.1, 0.15) is 42.6 Å². The predicted octanol–water partition coefficient (Wildman–Crippen LogP) is 4.86. The molecule has 5 atom stereocenters.